The van der Waals surface area contributed by atoms with Crippen LogP contribution in [0, 0.1) is 0 Å². The molecular formula is C16H22F2IN5O2. The Bertz CT molecular complexity index is 724. The molecule has 7 nitrogen and oxygen atoms in total. The largest absolute Gasteiger partial charge is 0.493 e. The number of aliphatic imine (C=N–C) groups is 1. The molecule has 0 atom stereocenters. The quantitative estimate of drug-likeness (QED) is 0.362. The Morgan fingerprint density at radius 3 is 2.50 bits per heavy atom. The summed E-state index contributed by atoms with van der Waals surface area (Å²) in [7, 11) is 4.75. The molecule has 0 aliphatic heterocycles. The van der Waals surface area contributed by atoms with E-state index < -0.39 is 6.55 Å². The molecule has 144 valence electrons. The van der Waals surface area contributed by atoms with E-state index >= 15 is 0 Å². The third-order valence-electron chi connectivity index (χ3n) is 3.50. The van der Waals surface area contributed by atoms with Crippen molar-refractivity contribution >= 4 is 29.9 Å². The van der Waals surface area contributed by atoms with E-state index in [-0.39, 0.29) is 36.3 Å². The zero-order chi connectivity index (χ0) is 18.2. The number of nitrogens with zero attached hydrogens (tertiary/aromatic N) is 3. The van der Waals surface area contributed by atoms with Crippen molar-refractivity contribution in [2.45, 2.75) is 19.6 Å². The summed E-state index contributed by atoms with van der Waals surface area (Å²) in [5, 5.41) is 6.06. The fraction of sp³-hybridized carbons (Fsp3) is 0.375. The van der Waals surface area contributed by atoms with Crippen molar-refractivity contribution in [3.8, 4) is 11.5 Å². The Hall–Kier alpha value is -2.11. The average Bonchev–Trinajstić information content (AvgIpc) is 3.10. The minimum Gasteiger partial charge on any atom is -0.493 e. The lowest BCUT2D eigenvalue weighted by atomic mass is 10.2. The number of imidazole rings is 1. The summed E-state index contributed by atoms with van der Waals surface area (Å²) < 4.78 is 36.9. The van der Waals surface area contributed by atoms with Gasteiger partial charge in [-0.1, -0.05) is 6.07 Å². The minimum absolute atomic E-state index is 0. The van der Waals surface area contributed by atoms with Crippen molar-refractivity contribution in [3.63, 3.8) is 0 Å². The van der Waals surface area contributed by atoms with Gasteiger partial charge in [0.25, 0.3) is 0 Å². The van der Waals surface area contributed by atoms with Crippen LogP contribution in [0.2, 0.25) is 0 Å². The van der Waals surface area contributed by atoms with Crippen molar-refractivity contribution in [2.24, 2.45) is 4.99 Å². The molecular weight excluding hydrogens is 459 g/mol. The molecule has 0 fully saturated rings. The van der Waals surface area contributed by atoms with Gasteiger partial charge in [-0.15, -0.1) is 24.0 Å². The smallest absolute Gasteiger partial charge is 0.319 e. The van der Waals surface area contributed by atoms with Gasteiger partial charge < -0.3 is 20.1 Å². The third kappa shape index (κ3) is 5.71. The van der Waals surface area contributed by atoms with Crippen LogP contribution < -0.4 is 20.1 Å². The van der Waals surface area contributed by atoms with Gasteiger partial charge in [0.05, 0.1) is 20.8 Å². The first kappa shape index (κ1) is 21.9. The molecule has 0 aliphatic carbocycles. The van der Waals surface area contributed by atoms with Crippen LogP contribution in [0.25, 0.3) is 0 Å². The van der Waals surface area contributed by atoms with Crippen LogP contribution in [0.5, 0.6) is 11.5 Å². The van der Waals surface area contributed by atoms with Crippen molar-refractivity contribution in [3.05, 3.63) is 42.0 Å². The normalized spacial score (nSPS) is 11.1. The van der Waals surface area contributed by atoms with Gasteiger partial charge in [-0.2, -0.15) is 8.78 Å². The van der Waals surface area contributed by atoms with E-state index in [1.807, 2.05) is 18.2 Å². The molecule has 0 unspecified atom stereocenters. The standard InChI is InChI=1S/C16H21F2N5O2.HI/c1-19-16(22-10-14-20-6-7-23(14)15(17)18)21-9-11-4-5-12(24-2)13(8-11)25-3;/h4-8,15H,9-10H2,1-3H3,(H2,19,21,22);1H. The first-order valence-corrected chi connectivity index (χ1v) is 7.54. The maximum Gasteiger partial charge on any atom is 0.319 e. The second-order valence-corrected chi connectivity index (χ2v) is 5.00. The molecule has 2 aromatic rings. The fourth-order valence-corrected chi connectivity index (χ4v) is 2.22. The van der Waals surface area contributed by atoms with Crippen LogP contribution in [0.1, 0.15) is 17.9 Å². The molecule has 0 saturated heterocycles. The summed E-state index contributed by atoms with van der Waals surface area (Å²) in [6.45, 7) is -2.02. The van der Waals surface area contributed by atoms with Crippen LogP contribution in [0.4, 0.5) is 8.78 Å². The average molecular weight is 481 g/mol. The van der Waals surface area contributed by atoms with Crippen LogP contribution in [-0.2, 0) is 13.1 Å². The lowest BCUT2D eigenvalue weighted by Gasteiger charge is -2.14. The number of methoxy groups -OCH3 is 2. The molecule has 0 bridgehead atoms. The maximum atomic E-state index is 12.8. The molecule has 1 heterocycles. The predicted molar refractivity (Wildman–Crippen MR) is 105 cm³/mol. The molecule has 0 spiro atoms. The van der Waals surface area contributed by atoms with E-state index in [9.17, 15) is 8.78 Å². The van der Waals surface area contributed by atoms with Crippen LogP contribution in [0.3, 0.4) is 0 Å². The van der Waals surface area contributed by atoms with Gasteiger partial charge in [-0.3, -0.25) is 9.56 Å². The Balaban J connectivity index is 0.00000338. The number of rotatable bonds is 7. The van der Waals surface area contributed by atoms with Gasteiger partial charge >= 0.3 is 6.55 Å². The number of ether oxygens (including phenoxy) is 2. The van der Waals surface area contributed by atoms with Crippen molar-refractivity contribution in [1.29, 1.82) is 0 Å². The second-order valence-electron chi connectivity index (χ2n) is 5.00. The van der Waals surface area contributed by atoms with Crippen LogP contribution >= 0.6 is 24.0 Å². The van der Waals surface area contributed by atoms with E-state index in [1.165, 1.54) is 12.4 Å². The third-order valence-corrected chi connectivity index (χ3v) is 3.50. The van der Waals surface area contributed by atoms with Gasteiger partial charge in [0.15, 0.2) is 17.5 Å². The summed E-state index contributed by atoms with van der Waals surface area (Å²) in [5.74, 6) is 1.97. The van der Waals surface area contributed by atoms with Crippen molar-refractivity contribution in [1.82, 2.24) is 20.2 Å². The summed E-state index contributed by atoms with van der Waals surface area (Å²) in [6, 6.07) is 5.55. The summed E-state index contributed by atoms with van der Waals surface area (Å²) in [6.07, 6.45) is 2.57. The summed E-state index contributed by atoms with van der Waals surface area (Å²) >= 11 is 0. The molecule has 0 radical (unpaired) electrons. The first-order valence-electron chi connectivity index (χ1n) is 7.54. The number of aromatic nitrogens is 2. The first-order chi connectivity index (χ1) is 12.1. The number of hydrogen-bond acceptors (Lipinski definition) is 4. The lowest BCUT2D eigenvalue weighted by molar-refractivity contribution is 0.0668. The van der Waals surface area contributed by atoms with E-state index in [2.05, 4.69) is 20.6 Å². The highest BCUT2D eigenvalue weighted by molar-refractivity contribution is 14.0. The number of hydrogen-bond donors (Lipinski definition) is 2. The summed E-state index contributed by atoms with van der Waals surface area (Å²) in [5.41, 5.74) is 0.953. The Kier molecular flexibility index (Phi) is 9.10. The topological polar surface area (TPSA) is 72.7 Å². The molecule has 26 heavy (non-hydrogen) atoms. The number of benzene rings is 1. The SMILES string of the molecule is CN=C(NCc1ccc(OC)c(OC)c1)NCc1nccn1C(F)F.I. The number of nitrogens with one attached hydrogen (secondary N) is 2. The molecule has 1 aromatic heterocycles. The van der Waals surface area contributed by atoms with Gasteiger partial charge in [0.2, 0.25) is 0 Å². The fourth-order valence-electron chi connectivity index (χ4n) is 2.22. The molecule has 0 amide bonds. The molecule has 10 heteroatoms. The van der Waals surface area contributed by atoms with E-state index in [1.54, 1.807) is 21.3 Å². The number of alkyl halides is 2. The van der Waals surface area contributed by atoms with Gasteiger partial charge in [0.1, 0.15) is 5.82 Å². The van der Waals surface area contributed by atoms with Crippen LogP contribution in [0.15, 0.2) is 35.6 Å². The highest BCUT2D eigenvalue weighted by atomic mass is 127. The zero-order valence-electron chi connectivity index (χ0n) is 14.7. The number of guanidine groups is 1. The summed E-state index contributed by atoms with van der Waals surface area (Å²) in [4.78, 5) is 7.98. The lowest BCUT2D eigenvalue weighted by Crippen LogP contribution is -2.37. The highest BCUT2D eigenvalue weighted by Gasteiger charge is 2.11. The second kappa shape index (κ2) is 10.8. The van der Waals surface area contributed by atoms with Gasteiger partial charge in [-0.25, -0.2) is 4.98 Å². The molecule has 0 saturated carbocycles. The Morgan fingerprint density at radius 2 is 1.88 bits per heavy atom. The predicted octanol–water partition coefficient (Wildman–Crippen LogP) is 2.78. The zero-order valence-corrected chi connectivity index (χ0v) is 17.0. The van der Waals surface area contributed by atoms with Crippen molar-refractivity contribution < 1.29 is 18.3 Å². The Labute approximate surface area is 167 Å². The monoisotopic (exact) mass is 481 g/mol. The minimum atomic E-state index is -2.62. The molecule has 2 N–H and O–H groups in total. The number of halogens is 3. The molecule has 1 aromatic carbocycles. The van der Waals surface area contributed by atoms with Gasteiger partial charge in [0, 0.05) is 26.0 Å². The van der Waals surface area contributed by atoms with E-state index in [0.717, 1.165) is 10.1 Å². The highest BCUT2D eigenvalue weighted by Crippen LogP contribution is 2.27. The van der Waals surface area contributed by atoms with Crippen molar-refractivity contribution in [2.75, 3.05) is 21.3 Å². The van der Waals surface area contributed by atoms with E-state index in [4.69, 9.17) is 9.47 Å². The van der Waals surface area contributed by atoms with E-state index in [0.29, 0.717) is 24.0 Å². The van der Waals surface area contributed by atoms with Gasteiger partial charge in [-0.05, 0) is 17.7 Å². The van der Waals surface area contributed by atoms with Crippen LogP contribution in [-0.4, -0.2) is 36.8 Å². The molecule has 2 rings (SSSR count). The maximum absolute atomic E-state index is 12.8. The Morgan fingerprint density at radius 1 is 1.19 bits per heavy atom. The molecule has 0 aliphatic rings.